The summed E-state index contributed by atoms with van der Waals surface area (Å²) in [4.78, 5) is 14.7. The van der Waals surface area contributed by atoms with Gasteiger partial charge in [0.15, 0.2) is 0 Å². The van der Waals surface area contributed by atoms with E-state index < -0.39 is 5.97 Å². The van der Waals surface area contributed by atoms with Gasteiger partial charge in [-0.05, 0) is 24.6 Å². The number of nitrogens with zero attached hydrogens (tertiary/aromatic N) is 1. The van der Waals surface area contributed by atoms with Crippen LogP contribution < -0.4 is 5.32 Å². The van der Waals surface area contributed by atoms with Crippen molar-refractivity contribution in [3.63, 3.8) is 0 Å². The number of aromatic carboxylic acids is 1. The van der Waals surface area contributed by atoms with Gasteiger partial charge in [0.05, 0.1) is 5.56 Å². The first-order chi connectivity index (χ1) is 8.65. The molecule has 0 bridgehead atoms. The Morgan fingerprint density at radius 1 is 1.33 bits per heavy atom. The van der Waals surface area contributed by atoms with E-state index in [0.717, 1.165) is 0 Å². The van der Waals surface area contributed by atoms with Crippen LogP contribution in [-0.2, 0) is 6.54 Å². The standard InChI is InChI=1S/C14H14N2O2/c1-10-3-2-4-11(7-10)8-15-13-6-5-12(9-16-13)14(17)18/h2-7,9H,8H2,1H3,(H,15,16)(H,17,18). The van der Waals surface area contributed by atoms with E-state index in [1.54, 1.807) is 6.07 Å². The maximum absolute atomic E-state index is 10.7. The van der Waals surface area contributed by atoms with Crippen LogP contribution in [0, 0.1) is 6.92 Å². The van der Waals surface area contributed by atoms with Crippen molar-refractivity contribution in [2.45, 2.75) is 13.5 Å². The SMILES string of the molecule is Cc1cccc(CNc2ccc(C(=O)O)cn2)c1. The highest BCUT2D eigenvalue weighted by Crippen LogP contribution is 2.09. The van der Waals surface area contributed by atoms with Crippen LogP contribution in [-0.4, -0.2) is 16.1 Å². The van der Waals surface area contributed by atoms with Crippen LogP contribution in [0.3, 0.4) is 0 Å². The Balaban J connectivity index is 2.00. The number of rotatable bonds is 4. The van der Waals surface area contributed by atoms with E-state index in [0.29, 0.717) is 12.4 Å². The van der Waals surface area contributed by atoms with Crippen LogP contribution in [0.1, 0.15) is 21.5 Å². The molecule has 1 aromatic heterocycles. The number of carboxylic acid groups (broad SMARTS) is 1. The van der Waals surface area contributed by atoms with Crippen LogP contribution >= 0.6 is 0 Å². The number of anilines is 1. The van der Waals surface area contributed by atoms with Gasteiger partial charge in [-0.2, -0.15) is 0 Å². The highest BCUT2D eigenvalue weighted by atomic mass is 16.4. The Kier molecular flexibility index (Phi) is 3.57. The third-order valence-corrected chi connectivity index (χ3v) is 2.57. The predicted molar refractivity (Wildman–Crippen MR) is 69.7 cm³/mol. The molecule has 0 aliphatic rings. The molecule has 0 saturated carbocycles. The van der Waals surface area contributed by atoms with Crippen molar-refractivity contribution >= 4 is 11.8 Å². The van der Waals surface area contributed by atoms with Gasteiger partial charge >= 0.3 is 5.97 Å². The maximum atomic E-state index is 10.7. The van der Waals surface area contributed by atoms with Crippen LogP contribution in [0.5, 0.6) is 0 Å². The number of hydrogen-bond acceptors (Lipinski definition) is 3. The van der Waals surface area contributed by atoms with Crippen LogP contribution in [0.15, 0.2) is 42.6 Å². The Labute approximate surface area is 105 Å². The smallest absolute Gasteiger partial charge is 0.337 e. The Bertz CT molecular complexity index is 550. The fourth-order valence-corrected chi connectivity index (χ4v) is 1.64. The van der Waals surface area contributed by atoms with E-state index in [4.69, 9.17) is 5.11 Å². The molecule has 0 aliphatic heterocycles. The van der Waals surface area contributed by atoms with Crippen molar-refractivity contribution in [2.75, 3.05) is 5.32 Å². The number of hydrogen-bond donors (Lipinski definition) is 2. The fourth-order valence-electron chi connectivity index (χ4n) is 1.64. The molecule has 0 radical (unpaired) electrons. The van der Waals surface area contributed by atoms with E-state index in [2.05, 4.69) is 16.4 Å². The molecule has 18 heavy (non-hydrogen) atoms. The highest BCUT2D eigenvalue weighted by Gasteiger charge is 2.02. The van der Waals surface area contributed by atoms with Crippen LogP contribution in [0.25, 0.3) is 0 Å². The average molecular weight is 242 g/mol. The summed E-state index contributed by atoms with van der Waals surface area (Å²) < 4.78 is 0. The molecule has 4 heteroatoms. The molecular weight excluding hydrogens is 228 g/mol. The zero-order valence-electron chi connectivity index (χ0n) is 10.1. The number of carboxylic acids is 1. The molecular formula is C14H14N2O2. The zero-order valence-corrected chi connectivity index (χ0v) is 10.1. The summed E-state index contributed by atoms with van der Waals surface area (Å²) in [5, 5.41) is 11.9. The van der Waals surface area contributed by atoms with E-state index in [-0.39, 0.29) is 5.56 Å². The Morgan fingerprint density at radius 3 is 2.78 bits per heavy atom. The number of pyridine rings is 1. The van der Waals surface area contributed by atoms with E-state index >= 15 is 0 Å². The molecule has 0 spiro atoms. The lowest BCUT2D eigenvalue weighted by atomic mass is 10.1. The van der Waals surface area contributed by atoms with Gasteiger partial charge in [0.25, 0.3) is 0 Å². The molecule has 2 rings (SSSR count). The second-order valence-corrected chi connectivity index (χ2v) is 4.08. The lowest BCUT2D eigenvalue weighted by molar-refractivity contribution is 0.0696. The van der Waals surface area contributed by atoms with Gasteiger partial charge in [-0.1, -0.05) is 29.8 Å². The number of benzene rings is 1. The first kappa shape index (κ1) is 12.1. The quantitative estimate of drug-likeness (QED) is 0.865. The van der Waals surface area contributed by atoms with E-state index in [9.17, 15) is 4.79 Å². The minimum absolute atomic E-state index is 0.191. The highest BCUT2D eigenvalue weighted by molar-refractivity contribution is 5.87. The summed E-state index contributed by atoms with van der Waals surface area (Å²) in [5.41, 5.74) is 2.57. The van der Waals surface area contributed by atoms with Gasteiger partial charge < -0.3 is 10.4 Å². The maximum Gasteiger partial charge on any atom is 0.337 e. The second-order valence-electron chi connectivity index (χ2n) is 4.08. The van der Waals surface area contributed by atoms with Gasteiger partial charge in [-0.15, -0.1) is 0 Å². The molecule has 92 valence electrons. The molecule has 0 aliphatic carbocycles. The van der Waals surface area contributed by atoms with Crippen molar-refractivity contribution in [2.24, 2.45) is 0 Å². The zero-order chi connectivity index (χ0) is 13.0. The van der Waals surface area contributed by atoms with Gasteiger partial charge in [0, 0.05) is 12.7 Å². The third-order valence-electron chi connectivity index (χ3n) is 2.57. The fraction of sp³-hybridized carbons (Fsp3) is 0.143. The van der Waals surface area contributed by atoms with Gasteiger partial charge in [-0.25, -0.2) is 9.78 Å². The molecule has 0 unspecified atom stereocenters. The third kappa shape index (κ3) is 3.07. The van der Waals surface area contributed by atoms with E-state index in [1.165, 1.54) is 23.4 Å². The molecule has 2 N–H and O–H groups in total. The number of nitrogens with one attached hydrogen (secondary N) is 1. The molecule has 1 aromatic carbocycles. The molecule has 0 fully saturated rings. The topological polar surface area (TPSA) is 62.2 Å². The van der Waals surface area contributed by atoms with Crippen LogP contribution in [0.2, 0.25) is 0 Å². The van der Waals surface area contributed by atoms with Crippen molar-refractivity contribution < 1.29 is 9.90 Å². The summed E-state index contributed by atoms with van der Waals surface area (Å²) in [6.45, 7) is 2.71. The summed E-state index contributed by atoms with van der Waals surface area (Å²) in [5.74, 6) is -0.297. The summed E-state index contributed by atoms with van der Waals surface area (Å²) in [7, 11) is 0. The van der Waals surface area contributed by atoms with Gasteiger partial charge in [0.1, 0.15) is 5.82 Å². The van der Waals surface area contributed by atoms with Crippen molar-refractivity contribution in [3.8, 4) is 0 Å². The van der Waals surface area contributed by atoms with Crippen molar-refractivity contribution in [3.05, 3.63) is 59.3 Å². The van der Waals surface area contributed by atoms with Gasteiger partial charge in [-0.3, -0.25) is 0 Å². The lowest BCUT2D eigenvalue weighted by Gasteiger charge is -2.06. The number of aryl methyl sites for hydroxylation is 1. The summed E-state index contributed by atoms with van der Waals surface area (Å²) in [6.07, 6.45) is 1.35. The Morgan fingerprint density at radius 2 is 2.17 bits per heavy atom. The first-order valence-electron chi connectivity index (χ1n) is 5.64. The molecule has 4 nitrogen and oxygen atoms in total. The normalized spacial score (nSPS) is 10.1. The predicted octanol–water partition coefficient (Wildman–Crippen LogP) is 2.70. The average Bonchev–Trinajstić information content (AvgIpc) is 2.37. The van der Waals surface area contributed by atoms with Crippen molar-refractivity contribution in [1.82, 2.24) is 4.98 Å². The molecule has 1 heterocycles. The molecule has 0 atom stereocenters. The minimum atomic E-state index is -0.965. The lowest BCUT2D eigenvalue weighted by Crippen LogP contribution is -2.03. The minimum Gasteiger partial charge on any atom is -0.478 e. The molecule has 0 saturated heterocycles. The largest absolute Gasteiger partial charge is 0.478 e. The second kappa shape index (κ2) is 5.31. The van der Waals surface area contributed by atoms with Crippen molar-refractivity contribution in [1.29, 1.82) is 0 Å². The molecule has 2 aromatic rings. The molecule has 0 amide bonds. The first-order valence-corrected chi connectivity index (χ1v) is 5.64. The summed E-state index contributed by atoms with van der Waals surface area (Å²) >= 11 is 0. The number of aromatic nitrogens is 1. The van der Waals surface area contributed by atoms with E-state index in [1.807, 2.05) is 25.1 Å². The summed E-state index contributed by atoms with van der Waals surface area (Å²) in [6, 6.07) is 11.4. The monoisotopic (exact) mass is 242 g/mol. The van der Waals surface area contributed by atoms with Crippen LogP contribution in [0.4, 0.5) is 5.82 Å². The number of carbonyl (C=O) groups is 1. The van der Waals surface area contributed by atoms with Gasteiger partial charge in [0.2, 0.25) is 0 Å². The Hall–Kier alpha value is -2.36.